The van der Waals surface area contributed by atoms with E-state index in [9.17, 15) is 9.59 Å². The van der Waals surface area contributed by atoms with Crippen molar-refractivity contribution < 1.29 is 9.59 Å². The standard InChI is InChI=1S/C21H20N2O2S/c1-2-20(24)23-13-17(16-7-3-4-8-18(16)23)21(25)22-15-10-9-14-6-5-11-26-19(14)12-15/h2-4,7-10,12,17H,1,5-6,11,13H2,(H,22,25). The van der Waals surface area contributed by atoms with Gasteiger partial charge in [0.05, 0.1) is 5.92 Å². The average Bonchev–Trinajstić information content (AvgIpc) is 3.07. The number of hydrogen-bond donors (Lipinski definition) is 1. The largest absolute Gasteiger partial charge is 0.325 e. The zero-order valence-electron chi connectivity index (χ0n) is 14.4. The molecule has 0 bridgehead atoms. The maximum absolute atomic E-state index is 12.9. The maximum atomic E-state index is 12.9. The van der Waals surface area contributed by atoms with E-state index >= 15 is 0 Å². The van der Waals surface area contributed by atoms with Crippen molar-refractivity contribution in [1.82, 2.24) is 0 Å². The number of amides is 2. The summed E-state index contributed by atoms with van der Waals surface area (Å²) in [6.07, 6.45) is 3.60. The molecule has 1 N–H and O–H groups in total. The normalized spacial score (nSPS) is 18.0. The Hall–Kier alpha value is -2.53. The van der Waals surface area contributed by atoms with E-state index in [0.29, 0.717) is 6.54 Å². The second kappa shape index (κ2) is 7.00. The summed E-state index contributed by atoms with van der Waals surface area (Å²) in [5.74, 6) is 0.480. The molecule has 0 saturated heterocycles. The molecular formula is C21H20N2O2S. The van der Waals surface area contributed by atoms with Crippen molar-refractivity contribution in [1.29, 1.82) is 0 Å². The molecule has 5 heteroatoms. The van der Waals surface area contributed by atoms with E-state index in [1.165, 1.54) is 23.0 Å². The van der Waals surface area contributed by atoms with Gasteiger partial charge in [-0.25, -0.2) is 0 Å². The van der Waals surface area contributed by atoms with Crippen LogP contribution in [0.25, 0.3) is 0 Å². The van der Waals surface area contributed by atoms with E-state index in [1.54, 1.807) is 4.90 Å². The van der Waals surface area contributed by atoms with Gasteiger partial charge in [0.1, 0.15) is 0 Å². The zero-order valence-corrected chi connectivity index (χ0v) is 15.2. The first-order valence-corrected chi connectivity index (χ1v) is 9.75. The van der Waals surface area contributed by atoms with Gasteiger partial charge < -0.3 is 10.2 Å². The van der Waals surface area contributed by atoms with E-state index in [1.807, 2.05) is 42.1 Å². The van der Waals surface area contributed by atoms with Crippen LogP contribution in [-0.4, -0.2) is 24.1 Å². The number of carbonyl (C=O) groups excluding carboxylic acids is 2. The van der Waals surface area contributed by atoms with Gasteiger partial charge in [-0.15, -0.1) is 11.8 Å². The quantitative estimate of drug-likeness (QED) is 0.838. The molecule has 4 nitrogen and oxygen atoms in total. The first-order chi connectivity index (χ1) is 12.7. The van der Waals surface area contributed by atoms with Gasteiger partial charge >= 0.3 is 0 Å². The molecule has 26 heavy (non-hydrogen) atoms. The molecule has 2 aromatic rings. The molecule has 2 heterocycles. The molecule has 1 atom stereocenters. The molecule has 2 aromatic carbocycles. The van der Waals surface area contributed by atoms with Crippen molar-refractivity contribution in [2.45, 2.75) is 23.7 Å². The Kier molecular flexibility index (Phi) is 4.55. The fraction of sp³-hybridized carbons (Fsp3) is 0.238. The van der Waals surface area contributed by atoms with Gasteiger partial charge in [0.25, 0.3) is 0 Å². The monoisotopic (exact) mass is 364 g/mol. The van der Waals surface area contributed by atoms with Crippen molar-refractivity contribution >= 4 is 35.0 Å². The Bertz CT molecular complexity index is 893. The van der Waals surface area contributed by atoms with Gasteiger partial charge in [-0.05, 0) is 54.0 Å². The van der Waals surface area contributed by atoms with Gasteiger partial charge in [0, 0.05) is 22.8 Å². The Morgan fingerprint density at radius 1 is 1.23 bits per heavy atom. The molecule has 2 aliphatic rings. The molecule has 0 radical (unpaired) electrons. The third-order valence-corrected chi connectivity index (χ3v) is 6.09. The van der Waals surface area contributed by atoms with E-state index in [0.717, 1.165) is 29.1 Å². The molecule has 0 spiro atoms. The highest BCUT2D eigenvalue weighted by Gasteiger charge is 2.35. The maximum Gasteiger partial charge on any atom is 0.250 e. The average molecular weight is 364 g/mol. The highest BCUT2D eigenvalue weighted by molar-refractivity contribution is 7.99. The lowest BCUT2D eigenvalue weighted by Crippen LogP contribution is -2.31. The Labute approximate surface area is 157 Å². The van der Waals surface area contributed by atoms with E-state index in [-0.39, 0.29) is 17.7 Å². The van der Waals surface area contributed by atoms with Crippen LogP contribution in [0.2, 0.25) is 0 Å². The molecule has 2 amide bonds. The van der Waals surface area contributed by atoms with Crippen LogP contribution in [0.1, 0.15) is 23.5 Å². The zero-order chi connectivity index (χ0) is 18.1. The number of carbonyl (C=O) groups is 2. The number of para-hydroxylation sites is 1. The minimum Gasteiger partial charge on any atom is -0.325 e. The van der Waals surface area contributed by atoms with Crippen LogP contribution in [0.4, 0.5) is 11.4 Å². The van der Waals surface area contributed by atoms with E-state index in [2.05, 4.69) is 24.0 Å². The van der Waals surface area contributed by atoms with Crippen molar-refractivity contribution in [3.63, 3.8) is 0 Å². The smallest absolute Gasteiger partial charge is 0.250 e. The summed E-state index contributed by atoms with van der Waals surface area (Å²) in [5, 5.41) is 3.04. The fourth-order valence-electron chi connectivity index (χ4n) is 3.60. The van der Waals surface area contributed by atoms with Gasteiger partial charge in [-0.2, -0.15) is 0 Å². The number of hydrogen-bond acceptors (Lipinski definition) is 3. The first kappa shape index (κ1) is 16.9. The highest BCUT2D eigenvalue weighted by Crippen LogP contribution is 2.37. The summed E-state index contributed by atoms with van der Waals surface area (Å²) >= 11 is 1.84. The first-order valence-electron chi connectivity index (χ1n) is 8.77. The molecule has 132 valence electrons. The topological polar surface area (TPSA) is 49.4 Å². The van der Waals surface area contributed by atoms with Crippen molar-refractivity contribution in [2.24, 2.45) is 0 Å². The summed E-state index contributed by atoms with van der Waals surface area (Å²) < 4.78 is 0. The number of fused-ring (bicyclic) bond motifs is 2. The fourth-order valence-corrected chi connectivity index (χ4v) is 4.67. The third kappa shape index (κ3) is 3.03. The van der Waals surface area contributed by atoms with Crippen LogP contribution in [0.5, 0.6) is 0 Å². The predicted octanol–water partition coefficient (Wildman–Crippen LogP) is 3.98. The number of nitrogens with zero attached hydrogens (tertiary/aromatic N) is 1. The lowest BCUT2D eigenvalue weighted by Gasteiger charge is -2.18. The summed E-state index contributed by atoms with van der Waals surface area (Å²) in [6.45, 7) is 3.91. The summed E-state index contributed by atoms with van der Waals surface area (Å²) in [4.78, 5) is 27.9. The second-order valence-corrected chi connectivity index (χ2v) is 7.66. The van der Waals surface area contributed by atoms with Gasteiger partial charge in [-0.1, -0.05) is 30.8 Å². The second-order valence-electron chi connectivity index (χ2n) is 6.53. The van der Waals surface area contributed by atoms with Crippen molar-refractivity contribution in [3.05, 3.63) is 66.2 Å². The number of thioether (sulfide) groups is 1. The number of benzene rings is 2. The Morgan fingerprint density at radius 2 is 2.08 bits per heavy atom. The van der Waals surface area contributed by atoms with Crippen molar-refractivity contribution in [3.8, 4) is 0 Å². The molecule has 1 unspecified atom stereocenters. The summed E-state index contributed by atoms with van der Waals surface area (Å²) in [7, 11) is 0. The Morgan fingerprint density at radius 3 is 2.92 bits per heavy atom. The lowest BCUT2D eigenvalue weighted by atomic mass is 10.0. The van der Waals surface area contributed by atoms with Crippen LogP contribution in [-0.2, 0) is 16.0 Å². The molecule has 0 saturated carbocycles. The molecular weight excluding hydrogens is 344 g/mol. The van der Waals surface area contributed by atoms with Crippen LogP contribution in [0.15, 0.2) is 60.0 Å². The van der Waals surface area contributed by atoms with Gasteiger partial charge in [0.2, 0.25) is 11.8 Å². The molecule has 4 rings (SSSR count). The number of aryl methyl sites for hydroxylation is 1. The molecule has 0 fully saturated rings. The van der Waals surface area contributed by atoms with Crippen LogP contribution >= 0.6 is 11.8 Å². The Balaban J connectivity index is 1.57. The molecule has 0 aromatic heterocycles. The lowest BCUT2D eigenvalue weighted by molar-refractivity contribution is -0.117. The van der Waals surface area contributed by atoms with Crippen LogP contribution in [0, 0.1) is 0 Å². The number of anilines is 2. The SMILES string of the molecule is C=CC(=O)N1CC(C(=O)Nc2ccc3c(c2)SCCC3)c2ccccc21. The van der Waals surface area contributed by atoms with Gasteiger partial charge in [0.15, 0.2) is 0 Å². The minimum atomic E-state index is -0.376. The van der Waals surface area contributed by atoms with Gasteiger partial charge in [-0.3, -0.25) is 9.59 Å². The molecule has 2 aliphatic heterocycles. The summed E-state index contributed by atoms with van der Waals surface area (Å²) in [6, 6.07) is 13.7. The van der Waals surface area contributed by atoms with E-state index in [4.69, 9.17) is 0 Å². The molecule has 0 aliphatic carbocycles. The third-order valence-electron chi connectivity index (χ3n) is 4.91. The van der Waals surface area contributed by atoms with Crippen LogP contribution in [0.3, 0.4) is 0 Å². The van der Waals surface area contributed by atoms with E-state index < -0.39 is 0 Å². The number of rotatable bonds is 3. The van der Waals surface area contributed by atoms with Crippen molar-refractivity contribution in [2.75, 3.05) is 22.5 Å². The predicted molar refractivity (Wildman–Crippen MR) is 106 cm³/mol. The number of nitrogens with one attached hydrogen (secondary N) is 1. The minimum absolute atomic E-state index is 0.0856. The highest BCUT2D eigenvalue weighted by atomic mass is 32.2. The summed E-state index contributed by atoms with van der Waals surface area (Å²) in [5.41, 5.74) is 3.84. The van der Waals surface area contributed by atoms with Crippen LogP contribution < -0.4 is 10.2 Å².